The van der Waals surface area contributed by atoms with E-state index in [4.69, 9.17) is 11.6 Å². The van der Waals surface area contributed by atoms with Gasteiger partial charge in [-0.1, -0.05) is 11.6 Å². The number of hydrogen-bond acceptors (Lipinski definition) is 4. The number of piperidine rings is 1. The first-order chi connectivity index (χ1) is 8.97. The van der Waals surface area contributed by atoms with E-state index in [9.17, 15) is 0 Å². The largest absolute Gasteiger partial charge is 0.351 e. The van der Waals surface area contributed by atoms with Crippen molar-refractivity contribution in [1.29, 1.82) is 0 Å². The van der Waals surface area contributed by atoms with Crippen molar-refractivity contribution in [3.05, 3.63) is 17.5 Å². The second kappa shape index (κ2) is 6.06. The third-order valence-corrected chi connectivity index (χ3v) is 3.68. The maximum atomic E-state index is 6.23. The van der Waals surface area contributed by atoms with Gasteiger partial charge in [-0.05, 0) is 40.0 Å². The van der Waals surface area contributed by atoms with Crippen molar-refractivity contribution in [3.8, 4) is 0 Å². The Kier molecular flexibility index (Phi) is 4.63. The van der Waals surface area contributed by atoms with Gasteiger partial charge in [0.05, 0.1) is 6.20 Å². The summed E-state index contributed by atoms with van der Waals surface area (Å²) in [5, 5.41) is 4.23. The molecule has 5 heteroatoms. The van der Waals surface area contributed by atoms with Crippen molar-refractivity contribution in [3.63, 3.8) is 0 Å². The molecule has 1 unspecified atom stereocenters. The molecule has 0 bridgehead atoms. The normalized spacial score (nSPS) is 20.6. The summed E-state index contributed by atoms with van der Waals surface area (Å²) in [6.45, 7) is 8.56. The Hall–Kier alpha value is -0.870. The third-order valence-electron chi connectivity index (χ3n) is 3.42. The standard InChI is InChI=1S/C14H23ClN4/c1-14(2,3)18-8-11-6-4-5-7-19(11)13-12(15)9-16-10-17-13/h9-11,18H,4-8H2,1-3H3. The lowest BCUT2D eigenvalue weighted by Crippen LogP contribution is -2.50. The Morgan fingerprint density at radius 2 is 2.21 bits per heavy atom. The van der Waals surface area contributed by atoms with Gasteiger partial charge in [-0.25, -0.2) is 9.97 Å². The van der Waals surface area contributed by atoms with Gasteiger partial charge in [0.2, 0.25) is 0 Å². The SMILES string of the molecule is CC(C)(C)NCC1CCCCN1c1ncncc1Cl. The molecule has 1 aliphatic heterocycles. The summed E-state index contributed by atoms with van der Waals surface area (Å²) >= 11 is 6.23. The van der Waals surface area contributed by atoms with Crippen LogP contribution in [0.2, 0.25) is 5.02 Å². The number of hydrogen-bond donors (Lipinski definition) is 1. The van der Waals surface area contributed by atoms with E-state index in [0.29, 0.717) is 11.1 Å². The van der Waals surface area contributed by atoms with Gasteiger partial charge in [-0.15, -0.1) is 0 Å². The molecular formula is C14H23ClN4. The zero-order valence-electron chi connectivity index (χ0n) is 12.0. The van der Waals surface area contributed by atoms with Crippen LogP contribution in [0.5, 0.6) is 0 Å². The Bertz CT molecular complexity index is 416. The van der Waals surface area contributed by atoms with Crippen molar-refractivity contribution in [2.45, 2.75) is 51.6 Å². The van der Waals surface area contributed by atoms with Crippen molar-refractivity contribution < 1.29 is 0 Å². The van der Waals surface area contributed by atoms with Gasteiger partial charge in [0.25, 0.3) is 0 Å². The lowest BCUT2D eigenvalue weighted by molar-refractivity contribution is 0.365. The highest BCUT2D eigenvalue weighted by molar-refractivity contribution is 6.32. The minimum absolute atomic E-state index is 0.137. The average molecular weight is 283 g/mol. The molecule has 2 rings (SSSR count). The number of anilines is 1. The Morgan fingerprint density at radius 1 is 1.42 bits per heavy atom. The summed E-state index contributed by atoms with van der Waals surface area (Å²) in [6.07, 6.45) is 6.91. The molecule has 0 radical (unpaired) electrons. The van der Waals surface area contributed by atoms with Crippen LogP contribution in [0.4, 0.5) is 5.82 Å². The van der Waals surface area contributed by atoms with Crippen LogP contribution in [-0.4, -0.2) is 34.6 Å². The first-order valence-electron chi connectivity index (χ1n) is 6.94. The lowest BCUT2D eigenvalue weighted by atomic mass is 10.0. The van der Waals surface area contributed by atoms with E-state index in [1.807, 2.05) is 0 Å². The van der Waals surface area contributed by atoms with Crippen LogP contribution in [0.25, 0.3) is 0 Å². The molecule has 1 aromatic heterocycles. The van der Waals surface area contributed by atoms with Gasteiger partial charge in [0.15, 0.2) is 5.82 Å². The van der Waals surface area contributed by atoms with E-state index in [1.165, 1.54) is 19.3 Å². The van der Waals surface area contributed by atoms with E-state index in [0.717, 1.165) is 18.9 Å². The monoisotopic (exact) mass is 282 g/mol. The average Bonchev–Trinajstić information content (AvgIpc) is 2.37. The zero-order chi connectivity index (χ0) is 13.9. The molecule has 0 spiro atoms. The van der Waals surface area contributed by atoms with Gasteiger partial charge in [0, 0.05) is 24.7 Å². The van der Waals surface area contributed by atoms with E-state index in [1.54, 1.807) is 12.5 Å². The highest BCUT2D eigenvalue weighted by Crippen LogP contribution is 2.28. The van der Waals surface area contributed by atoms with Gasteiger partial charge in [-0.2, -0.15) is 0 Å². The number of halogens is 1. The molecule has 0 saturated carbocycles. The summed E-state index contributed by atoms with van der Waals surface area (Å²) in [4.78, 5) is 10.6. The minimum atomic E-state index is 0.137. The topological polar surface area (TPSA) is 41.0 Å². The molecule has 1 atom stereocenters. The second-order valence-electron chi connectivity index (χ2n) is 6.17. The molecule has 0 aromatic carbocycles. The van der Waals surface area contributed by atoms with Crippen LogP contribution in [-0.2, 0) is 0 Å². The van der Waals surface area contributed by atoms with Gasteiger partial charge in [0.1, 0.15) is 11.3 Å². The fraction of sp³-hybridized carbons (Fsp3) is 0.714. The number of nitrogens with one attached hydrogen (secondary N) is 1. The second-order valence-corrected chi connectivity index (χ2v) is 6.58. The highest BCUT2D eigenvalue weighted by atomic mass is 35.5. The summed E-state index contributed by atoms with van der Waals surface area (Å²) < 4.78 is 0. The minimum Gasteiger partial charge on any atom is -0.351 e. The molecule has 1 aromatic rings. The van der Waals surface area contributed by atoms with Crippen molar-refractivity contribution in [1.82, 2.24) is 15.3 Å². The zero-order valence-corrected chi connectivity index (χ0v) is 12.7. The molecule has 1 fully saturated rings. The van der Waals surface area contributed by atoms with Gasteiger partial charge >= 0.3 is 0 Å². The van der Waals surface area contributed by atoms with E-state index in [2.05, 4.69) is 41.0 Å². The van der Waals surface area contributed by atoms with Crippen LogP contribution < -0.4 is 10.2 Å². The first kappa shape index (κ1) is 14.5. The molecule has 4 nitrogen and oxygen atoms in total. The molecule has 2 heterocycles. The van der Waals surface area contributed by atoms with Crippen LogP contribution in [0, 0.1) is 0 Å². The molecule has 0 aliphatic carbocycles. The van der Waals surface area contributed by atoms with E-state index >= 15 is 0 Å². The maximum Gasteiger partial charge on any atom is 0.151 e. The van der Waals surface area contributed by atoms with E-state index < -0.39 is 0 Å². The van der Waals surface area contributed by atoms with Crippen LogP contribution in [0.1, 0.15) is 40.0 Å². The van der Waals surface area contributed by atoms with Crippen LogP contribution >= 0.6 is 11.6 Å². The fourth-order valence-corrected chi connectivity index (χ4v) is 2.65. The molecule has 0 amide bonds. The number of rotatable bonds is 3. The van der Waals surface area contributed by atoms with Crippen LogP contribution in [0.3, 0.4) is 0 Å². The summed E-state index contributed by atoms with van der Waals surface area (Å²) in [5.41, 5.74) is 0.137. The fourth-order valence-electron chi connectivity index (χ4n) is 2.43. The predicted octanol–water partition coefficient (Wildman–Crippen LogP) is 2.88. The first-order valence-corrected chi connectivity index (χ1v) is 7.32. The molecule has 1 N–H and O–H groups in total. The third kappa shape index (κ3) is 4.05. The smallest absolute Gasteiger partial charge is 0.151 e. The quantitative estimate of drug-likeness (QED) is 0.926. The highest BCUT2D eigenvalue weighted by Gasteiger charge is 2.26. The molecule has 1 saturated heterocycles. The molecule has 19 heavy (non-hydrogen) atoms. The molecular weight excluding hydrogens is 260 g/mol. The lowest BCUT2D eigenvalue weighted by Gasteiger charge is -2.38. The van der Waals surface area contributed by atoms with E-state index in [-0.39, 0.29) is 5.54 Å². The number of nitrogens with zero attached hydrogens (tertiary/aromatic N) is 3. The molecule has 106 valence electrons. The predicted molar refractivity (Wildman–Crippen MR) is 79.8 cm³/mol. The van der Waals surface area contributed by atoms with Gasteiger partial charge in [-0.3, -0.25) is 0 Å². The molecule has 1 aliphatic rings. The summed E-state index contributed by atoms with van der Waals surface area (Å²) in [7, 11) is 0. The Labute approximate surface area is 120 Å². The van der Waals surface area contributed by atoms with Crippen LogP contribution in [0.15, 0.2) is 12.5 Å². The Balaban J connectivity index is 2.10. The van der Waals surface area contributed by atoms with Gasteiger partial charge < -0.3 is 10.2 Å². The summed E-state index contributed by atoms with van der Waals surface area (Å²) in [5.74, 6) is 0.872. The summed E-state index contributed by atoms with van der Waals surface area (Å²) in [6, 6.07) is 0.459. The van der Waals surface area contributed by atoms with Crippen molar-refractivity contribution in [2.75, 3.05) is 18.0 Å². The van der Waals surface area contributed by atoms with Crippen molar-refractivity contribution >= 4 is 17.4 Å². The Morgan fingerprint density at radius 3 is 2.89 bits per heavy atom. The van der Waals surface area contributed by atoms with Crippen molar-refractivity contribution in [2.24, 2.45) is 0 Å². The maximum absolute atomic E-state index is 6.23. The number of aromatic nitrogens is 2.